The molecule has 3 heteroatoms. The molecule has 0 amide bonds. The third kappa shape index (κ3) is 1.17. The summed E-state index contributed by atoms with van der Waals surface area (Å²) in [5, 5.41) is 1.98. The van der Waals surface area contributed by atoms with Crippen molar-refractivity contribution in [2.24, 2.45) is 4.99 Å². The highest BCUT2D eigenvalue weighted by atomic mass is 32.8. The van der Waals surface area contributed by atoms with E-state index in [0.717, 1.165) is 5.70 Å². The fourth-order valence-electron chi connectivity index (χ4n) is 0.364. The van der Waals surface area contributed by atoms with Gasteiger partial charge in [-0.2, -0.15) is 0 Å². The molecule has 1 aliphatic rings. The molecule has 0 fully saturated rings. The molecule has 38 valence electrons. The molecule has 7 heavy (non-hydrogen) atoms. The van der Waals surface area contributed by atoms with Crippen LogP contribution in [0.3, 0.4) is 0 Å². The molecule has 0 aromatic carbocycles. The second-order valence-electron chi connectivity index (χ2n) is 1.32. The molecule has 0 aromatic heterocycles. The van der Waals surface area contributed by atoms with Gasteiger partial charge in [0.25, 0.3) is 0 Å². The fourth-order valence-corrected chi connectivity index (χ4v) is 1.64. The molecule has 1 heterocycles. The summed E-state index contributed by atoms with van der Waals surface area (Å²) in [4.78, 5) is 3.96. The van der Waals surface area contributed by atoms with Gasteiger partial charge >= 0.3 is 0 Å². The first-order valence-electron chi connectivity index (χ1n) is 1.91. The Morgan fingerprint density at radius 1 is 1.86 bits per heavy atom. The Morgan fingerprint density at radius 3 is 2.71 bits per heavy atom. The third-order valence-corrected chi connectivity index (χ3v) is 2.08. The summed E-state index contributed by atoms with van der Waals surface area (Å²) >= 11 is 4.88. The van der Waals surface area contributed by atoms with Crippen LogP contribution in [0.25, 0.3) is 0 Å². The van der Waals surface area contributed by atoms with Crippen LogP contribution in [0.4, 0.5) is 0 Å². The average molecular weight is 131 g/mol. The van der Waals surface area contributed by atoms with Crippen molar-refractivity contribution < 1.29 is 0 Å². The molecule has 0 aromatic rings. The Balaban J connectivity index is 2.88. The number of aliphatic imine (C=N–C) groups is 1. The average Bonchev–Trinajstić information content (AvgIpc) is 1.87. The normalized spacial score (nSPS) is 28.1. The minimum Gasteiger partial charge on any atom is -0.254 e. The lowest BCUT2D eigenvalue weighted by atomic mass is 10.6. The van der Waals surface area contributed by atoms with E-state index in [4.69, 9.17) is 11.2 Å². The van der Waals surface area contributed by atoms with Crippen molar-refractivity contribution in [1.82, 2.24) is 0 Å². The van der Waals surface area contributed by atoms with Gasteiger partial charge in [-0.1, -0.05) is 9.45 Å². The highest BCUT2D eigenvalue weighted by Crippen LogP contribution is 2.02. The van der Waals surface area contributed by atoms with Crippen molar-refractivity contribution in [3.05, 3.63) is 11.1 Å². The van der Waals surface area contributed by atoms with Crippen molar-refractivity contribution in [3.63, 3.8) is 0 Å². The van der Waals surface area contributed by atoms with Gasteiger partial charge in [0.15, 0.2) is 0 Å². The summed E-state index contributed by atoms with van der Waals surface area (Å²) in [7, 11) is -0.0733. The smallest absolute Gasteiger partial charge is 0.0684 e. The first-order chi connectivity index (χ1) is 3.29. The van der Waals surface area contributed by atoms with Crippen LogP contribution in [0.5, 0.6) is 0 Å². The number of allylic oxidation sites excluding steroid dienone is 1. The summed E-state index contributed by atoms with van der Waals surface area (Å²) in [6.07, 6.45) is 0. The lowest BCUT2D eigenvalue weighted by Crippen LogP contribution is -1.70. The van der Waals surface area contributed by atoms with Gasteiger partial charge in [0.1, 0.15) is 0 Å². The molecular formula is C4H5NS2. The predicted molar refractivity (Wildman–Crippen MR) is 37.0 cm³/mol. The number of rotatable bonds is 0. The first-order valence-corrected chi connectivity index (χ1v) is 4.18. The summed E-state index contributed by atoms with van der Waals surface area (Å²) in [5.74, 6) is 0. The van der Waals surface area contributed by atoms with Crippen molar-refractivity contribution in [2.45, 2.75) is 6.92 Å². The molecule has 1 nitrogen and oxygen atoms in total. The van der Waals surface area contributed by atoms with E-state index in [2.05, 4.69) is 4.99 Å². The summed E-state index contributed by atoms with van der Waals surface area (Å²) in [6, 6.07) is 0. The number of hydrogen-bond donors (Lipinski definition) is 0. The molecule has 0 spiro atoms. The highest BCUT2D eigenvalue weighted by Gasteiger charge is 1.92. The molecule has 1 unspecified atom stereocenters. The molecule has 1 atom stereocenters. The molecule has 0 radical (unpaired) electrons. The molecule has 0 saturated heterocycles. The maximum Gasteiger partial charge on any atom is 0.0684 e. The Kier molecular flexibility index (Phi) is 1.35. The van der Waals surface area contributed by atoms with Gasteiger partial charge in [0.2, 0.25) is 0 Å². The van der Waals surface area contributed by atoms with Gasteiger partial charge in [0.05, 0.1) is 5.55 Å². The molecule has 0 saturated carbocycles. The second kappa shape index (κ2) is 1.84. The van der Waals surface area contributed by atoms with Crippen LogP contribution < -0.4 is 0 Å². The molecular weight excluding hydrogens is 126 g/mol. The standard InChI is InChI=1S/C4H5NS2/c1-4-2-7(6)3-5-4/h2-3H,1H3. The van der Waals surface area contributed by atoms with Crippen LogP contribution in [0.1, 0.15) is 6.92 Å². The first kappa shape index (κ1) is 5.12. The van der Waals surface area contributed by atoms with Crippen LogP contribution in [0.2, 0.25) is 0 Å². The van der Waals surface area contributed by atoms with Crippen LogP contribution in [-0.2, 0) is 20.6 Å². The third-order valence-electron chi connectivity index (χ3n) is 0.647. The van der Waals surface area contributed by atoms with Gasteiger partial charge in [-0.3, -0.25) is 4.99 Å². The monoisotopic (exact) mass is 131 g/mol. The Hall–Kier alpha value is -0.0200. The predicted octanol–water partition coefficient (Wildman–Crippen LogP) is 0.970. The zero-order valence-electron chi connectivity index (χ0n) is 3.92. The van der Waals surface area contributed by atoms with E-state index in [-0.39, 0.29) is 9.45 Å². The van der Waals surface area contributed by atoms with Crippen molar-refractivity contribution in [1.29, 1.82) is 0 Å². The Bertz CT molecular complexity index is 157. The Morgan fingerprint density at radius 2 is 2.57 bits per heavy atom. The molecule has 1 aliphatic heterocycles. The number of nitrogens with zero attached hydrogens (tertiary/aromatic N) is 1. The van der Waals surface area contributed by atoms with E-state index in [1.807, 2.05) is 12.3 Å². The maximum atomic E-state index is 4.88. The van der Waals surface area contributed by atoms with E-state index in [9.17, 15) is 0 Å². The van der Waals surface area contributed by atoms with E-state index < -0.39 is 0 Å². The van der Waals surface area contributed by atoms with Crippen LogP contribution in [0, 0.1) is 0 Å². The minimum absolute atomic E-state index is 0.0733. The van der Waals surface area contributed by atoms with E-state index >= 15 is 0 Å². The van der Waals surface area contributed by atoms with Gasteiger partial charge < -0.3 is 0 Å². The van der Waals surface area contributed by atoms with Gasteiger partial charge in [-0.15, -0.1) is 0 Å². The van der Waals surface area contributed by atoms with E-state index in [0.29, 0.717) is 0 Å². The van der Waals surface area contributed by atoms with E-state index in [1.165, 1.54) is 0 Å². The molecule has 1 rings (SSSR count). The highest BCUT2D eigenvalue weighted by molar-refractivity contribution is 8.38. The molecule has 0 bridgehead atoms. The summed E-state index contributed by atoms with van der Waals surface area (Å²) < 4.78 is 0. The second-order valence-corrected chi connectivity index (χ2v) is 3.58. The summed E-state index contributed by atoms with van der Waals surface area (Å²) in [5.41, 5.74) is 2.85. The van der Waals surface area contributed by atoms with Crippen molar-refractivity contribution in [2.75, 3.05) is 0 Å². The summed E-state index contributed by atoms with van der Waals surface area (Å²) in [6.45, 7) is 1.95. The fraction of sp³-hybridized carbons (Fsp3) is 0.250. The molecule has 0 N–H and O–H groups in total. The maximum absolute atomic E-state index is 4.88. The zero-order chi connectivity index (χ0) is 5.28. The van der Waals surface area contributed by atoms with Gasteiger partial charge in [0, 0.05) is 11.1 Å². The SMILES string of the molecule is CC1=CS(=S)C=N1. The lowest BCUT2D eigenvalue weighted by Gasteiger charge is -1.72. The Labute approximate surface area is 49.7 Å². The van der Waals surface area contributed by atoms with Crippen LogP contribution >= 0.6 is 0 Å². The van der Waals surface area contributed by atoms with Gasteiger partial charge in [-0.25, -0.2) is 0 Å². The number of hydrogen-bond acceptors (Lipinski definition) is 2. The zero-order valence-corrected chi connectivity index (χ0v) is 5.55. The largest absolute Gasteiger partial charge is 0.254 e. The molecule has 0 aliphatic carbocycles. The topological polar surface area (TPSA) is 12.4 Å². The minimum atomic E-state index is -0.0733. The van der Waals surface area contributed by atoms with E-state index in [1.54, 1.807) is 5.55 Å². The quantitative estimate of drug-likeness (QED) is 0.477. The lowest BCUT2D eigenvalue weighted by molar-refractivity contribution is 1.35. The van der Waals surface area contributed by atoms with Crippen molar-refractivity contribution in [3.8, 4) is 0 Å². The van der Waals surface area contributed by atoms with Crippen LogP contribution in [-0.4, -0.2) is 5.55 Å². The van der Waals surface area contributed by atoms with Crippen molar-refractivity contribution >= 4 is 26.2 Å². The van der Waals surface area contributed by atoms with Gasteiger partial charge in [-0.05, 0) is 18.1 Å². The van der Waals surface area contributed by atoms with Crippen LogP contribution in [0.15, 0.2) is 16.1 Å².